The van der Waals surface area contributed by atoms with Crippen LogP contribution in [0.1, 0.15) is 25.3 Å². The van der Waals surface area contributed by atoms with Crippen LogP contribution in [0.15, 0.2) is 26.0 Å². The molecule has 0 radical (unpaired) electrons. The summed E-state index contributed by atoms with van der Waals surface area (Å²) in [4.78, 5) is 10.8. The van der Waals surface area contributed by atoms with Crippen LogP contribution in [-0.4, -0.2) is 26.0 Å². The molecule has 1 rings (SSSR count). The number of carboxylic acids is 1. The van der Waals surface area contributed by atoms with Gasteiger partial charge in [-0.05, 0) is 46.5 Å². The van der Waals surface area contributed by atoms with Crippen LogP contribution in [0.25, 0.3) is 0 Å². The smallest absolute Gasteiger partial charge is 0.303 e. The Morgan fingerprint density at radius 2 is 1.95 bits per heavy atom. The maximum absolute atomic E-state index is 12.3. The van der Waals surface area contributed by atoms with Crippen molar-refractivity contribution in [2.75, 3.05) is 6.54 Å². The molecule has 0 bridgehead atoms. The predicted octanol–water partition coefficient (Wildman–Crippen LogP) is 3.30. The summed E-state index contributed by atoms with van der Waals surface area (Å²) in [6, 6.07) is 3.24. The Morgan fingerprint density at radius 1 is 1.33 bits per heavy atom. The van der Waals surface area contributed by atoms with Crippen molar-refractivity contribution in [1.82, 2.24) is 4.72 Å². The molecule has 0 aliphatic heterocycles. The maximum Gasteiger partial charge on any atom is 0.303 e. The van der Waals surface area contributed by atoms with Gasteiger partial charge in [0.15, 0.2) is 0 Å². The summed E-state index contributed by atoms with van der Waals surface area (Å²) in [7, 11) is -3.69. The molecule has 0 fully saturated rings. The first-order chi connectivity index (χ1) is 9.67. The van der Waals surface area contributed by atoms with Crippen LogP contribution in [0.5, 0.6) is 0 Å². The average molecular weight is 443 g/mol. The fourth-order valence-electron chi connectivity index (χ4n) is 1.75. The number of sulfonamides is 1. The molecule has 0 aliphatic carbocycles. The van der Waals surface area contributed by atoms with Crippen LogP contribution >= 0.6 is 31.9 Å². The van der Waals surface area contributed by atoms with Crippen molar-refractivity contribution >= 4 is 47.9 Å². The molecule has 1 atom stereocenters. The first-order valence-corrected chi connectivity index (χ1v) is 9.41. The van der Waals surface area contributed by atoms with Gasteiger partial charge in [0, 0.05) is 21.9 Å². The molecule has 2 N–H and O–H groups in total. The molecule has 0 saturated heterocycles. The van der Waals surface area contributed by atoms with Crippen molar-refractivity contribution < 1.29 is 18.3 Å². The molecule has 5 nitrogen and oxygen atoms in total. The van der Waals surface area contributed by atoms with E-state index >= 15 is 0 Å². The zero-order chi connectivity index (χ0) is 16.2. The lowest BCUT2D eigenvalue weighted by molar-refractivity contribution is -0.138. The summed E-state index contributed by atoms with van der Waals surface area (Å²) in [6.07, 6.45) is 0.533. The third kappa shape index (κ3) is 5.36. The van der Waals surface area contributed by atoms with E-state index < -0.39 is 16.0 Å². The summed E-state index contributed by atoms with van der Waals surface area (Å²) >= 11 is 6.56. The van der Waals surface area contributed by atoms with E-state index in [9.17, 15) is 13.2 Å². The highest BCUT2D eigenvalue weighted by molar-refractivity contribution is 9.11. The second-order valence-electron chi connectivity index (χ2n) is 4.76. The minimum absolute atomic E-state index is 0.0578. The molecule has 0 heterocycles. The van der Waals surface area contributed by atoms with Gasteiger partial charge in [-0.3, -0.25) is 4.79 Å². The zero-order valence-corrected chi connectivity index (χ0v) is 15.7. The minimum Gasteiger partial charge on any atom is -0.481 e. The van der Waals surface area contributed by atoms with Gasteiger partial charge >= 0.3 is 5.97 Å². The third-order valence-electron chi connectivity index (χ3n) is 3.11. The summed E-state index contributed by atoms with van der Waals surface area (Å²) in [5, 5.41) is 8.78. The van der Waals surface area contributed by atoms with E-state index in [2.05, 4.69) is 36.6 Å². The van der Waals surface area contributed by atoms with Crippen molar-refractivity contribution in [3.05, 3.63) is 26.6 Å². The lowest BCUT2D eigenvalue weighted by Crippen LogP contribution is -2.30. The van der Waals surface area contributed by atoms with Crippen LogP contribution < -0.4 is 4.72 Å². The molecule has 1 aromatic rings. The van der Waals surface area contributed by atoms with Gasteiger partial charge in [-0.25, -0.2) is 13.1 Å². The Labute approximate surface area is 141 Å². The third-order valence-corrected chi connectivity index (χ3v) is 6.34. The van der Waals surface area contributed by atoms with E-state index in [1.165, 1.54) is 6.07 Å². The molecular formula is C13H17Br2NO4S. The second kappa shape index (κ2) is 7.71. The number of carboxylic acid groups (broad SMARTS) is 1. The Balaban J connectivity index is 2.92. The van der Waals surface area contributed by atoms with E-state index in [1.54, 1.807) is 6.07 Å². The molecule has 1 unspecified atom stereocenters. The molecule has 0 saturated carbocycles. The Bertz CT molecular complexity index is 631. The number of carbonyl (C=O) groups is 1. The fraction of sp³-hybridized carbons (Fsp3) is 0.462. The van der Waals surface area contributed by atoms with E-state index in [0.717, 1.165) is 5.56 Å². The van der Waals surface area contributed by atoms with E-state index in [1.807, 2.05) is 13.8 Å². The normalized spacial score (nSPS) is 13.1. The largest absolute Gasteiger partial charge is 0.481 e. The van der Waals surface area contributed by atoms with Gasteiger partial charge in [-0.2, -0.15) is 0 Å². The number of nitrogens with one attached hydrogen (secondary N) is 1. The summed E-state index contributed by atoms with van der Waals surface area (Å²) in [5.74, 6) is -1.16. The highest BCUT2D eigenvalue weighted by Gasteiger charge is 2.21. The molecule has 1 aromatic carbocycles. The maximum atomic E-state index is 12.3. The van der Waals surface area contributed by atoms with E-state index in [-0.39, 0.29) is 23.8 Å². The number of hydrogen-bond donors (Lipinski definition) is 2. The number of hydrogen-bond acceptors (Lipinski definition) is 3. The SMILES string of the molecule is CCC(CNS(=O)(=O)c1cc(Br)c(C)cc1Br)CC(=O)O. The van der Waals surface area contributed by atoms with Gasteiger partial charge in [0.25, 0.3) is 0 Å². The first-order valence-electron chi connectivity index (χ1n) is 6.34. The van der Waals surface area contributed by atoms with Gasteiger partial charge in [-0.15, -0.1) is 0 Å². The standard InChI is InChI=1S/C13H17Br2NO4S/c1-3-9(5-13(17)18)7-16-21(19,20)12-6-10(14)8(2)4-11(12)15/h4,6,9,16H,3,5,7H2,1-2H3,(H,17,18). The molecule has 0 spiro atoms. The monoisotopic (exact) mass is 441 g/mol. The van der Waals surface area contributed by atoms with Crippen LogP contribution in [0.4, 0.5) is 0 Å². The summed E-state index contributed by atoms with van der Waals surface area (Å²) < 4.78 is 28.3. The van der Waals surface area contributed by atoms with Gasteiger partial charge in [0.1, 0.15) is 0 Å². The molecule has 0 amide bonds. The van der Waals surface area contributed by atoms with E-state index in [4.69, 9.17) is 5.11 Å². The number of aliphatic carboxylic acids is 1. The highest BCUT2D eigenvalue weighted by Crippen LogP contribution is 2.28. The molecule has 118 valence electrons. The van der Waals surface area contributed by atoms with E-state index in [0.29, 0.717) is 15.4 Å². The van der Waals surface area contributed by atoms with Crippen molar-refractivity contribution in [2.24, 2.45) is 5.92 Å². The van der Waals surface area contributed by atoms with Crippen molar-refractivity contribution in [3.8, 4) is 0 Å². The quantitative estimate of drug-likeness (QED) is 0.678. The average Bonchev–Trinajstić information content (AvgIpc) is 2.38. The lowest BCUT2D eigenvalue weighted by atomic mass is 10.0. The number of halogens is 2. The Kier molecular flexibility index (Phi) is 6.83. The lowest BCUT2D eigenvalue weighted by Gasteiger charge is -2.15. The van der Waals surface area contributed by atoms with Gasteiger partial charge < -0.3 is 5.11 Å². The summed E-state index contributed by atoms with van der Waals surface area (Å²) in [5.41, 5.74) is 0.915. The van der Waals surface area contributed by atoms with Crippen LogP contribution in [0.2, 0.25) is 0 Å². The van der Waals surface area contributed by atoms with Crippen LogP contribution in [-0.2, 0) is 14.8 Å². The van der Waals surface area contributed by atoms with Crippen molar-refractivity contribution in [1.29, 1.82) is 0 Å². The highest BCUT2D eigenvalue weighted by atomic mass is 79.9. The number of aryl methyl sites for hydroxylation is 1. The van der Waals surface area contributed by atoms with Gasteiger partial charge in [0.05, 0.1) is 4.90 Å². The summed E-state index contributed by atoms with van der Waals surface area (Å²) in [6.45, 7) is 3.79. The first kappa shape index (κ1) is 18.6. The van der Waals surface area contributed by atoms with Gasteiger partial charge in [-0.1, -0.05) is 29.3 Å². The molecule has 8 heteroatoms. The van der Waals surface area contributed by atoms with Crippen LogP contribution in [0.3, 0.4) is 0 Å². The Hall–Kier alpha value is -0.440. The zero-order valence-electron chi connectivity index (χ0n) is 11.7. The fourth-order valence-corrected chi connectivity index (χ4v) is 4.54. The molecule has 21 heavy (non-hydrogen) atoms. The molecule has 0 aromatic heterocycles. The van der Waals surface area contributed by atoms with Crippen molar-refractivity contribution in [2.45, 2.75) is 31.6 Å². The second-order valence-corrected chi connectivity index (χ2v) is 8.20. The minimum atomic E-state index is -3.69. The van der Waals surface area contributed by atoms with Gasteiger partial charge in [0.2, 0.25) is 10.0 Å². The Morgan fingerprint density at radius 3 is 2.48 bits per heavy atom. The number of rotatable bonds is 7. The molecular weight excluding hydrogens is 426 g/mol. The topological polar surface area (TPSA) is 83.5 Å². The molecule has 0 aliphatic rings. The van der Waals surface area contributed by atoms with Crippen LogP contribution in [0, 0.1) is 12.8 Å². The number of benzene rings is 1. The van der Waals surface area contributed by atoms with Crippen molar-refractivity contribution in [3.63, 3.8) is 0 Å². The predicted molar refractivity (Wildman–Crippen MR) is 87.8 cm³/mol.